The second-order valence-electron chi connectivity index (χ2n) is 12.6. The van der Waals surface area contributed by atoms with Crippen molar-refractivity contribution in [3.63, 3.8) is 0 Å². The van der Waals surface area contributed by atoms with Gasteiger partial charge in [0.2, 0.25) is 0 Å². The molecule has 6 unspecified atom stereocenters. The maximum absolute atomic E-state index is 2.79. The van der Waals surface area contributed by atoms with Gasteiger partial charge < -0.3 is 0 Å². The van der Waals surface area contributed by atoms with Crippen molar-refractivity contribution >= 4 is 11.8 Å². The molecule has 154 valence electrons. The Morgan fingerprint density at radius 2 is 1.19 bits per heavy atom. The molecule has 27 heavy (non-hydrogen) atoms. The van der Waals surface area contributed by atoms with Gasteiger partial charge in [-0.25, -0.2) is 0 Å². The summed E-state index contributed by atoms with van der Waals surface area (Å²) in [4.78, 5) is 0. The van der Waals surface area contributed by atoms with Gasteiger partial charge in [0.25, 0.3) is 0 Å². The van der Waals surface area contributed by atoms with E-state index < -0.39 is 0 Å². The van der Waals surface area contributed by atoms with Gasteiger partial charge >= 0.3 is 0 Å². The summed E-state index contributed by atoms with van der Waals surface area (Å²) in [6, 6.07) is 0. The lowest BCUT2D eigenvalue weighted by molar-refractivity contribution is -0.0867. The molecule has 8 rings (SSSR count). The summed E-state index contributed by atoms with van der Waals surface area (Å²) in [5, 5.41) is 1.96. The second kappa shape index (κ2) is 6.42. The molecule has 0 N–H and O–H groups in total. The van der Waals surface area contributed by atoms with Crippen LogP contribution >= 0.6 is 11.8 Å². The Labute approximate surface area is 173 Å². The van der Waals surface area contributed by atoms with Crippen molar-refractivity contribution in [2.45, 2.75) is 128 Å². The van der Waals surface area contributed by atoms with Gasteiger partial charge in [-0.2, -0.15) is 11.8 Å². The molecular weight excluding hydrogens is 344 g/mol. The van der Waals surface area contributed by atoms with Crippen LogP contribution in [0.3, 0.4) is 0 Å². The molecule has 1 saturated heterocycles. The number of rotatable bonds is 0. The predicted octanol–water partition coefficient (Wildman–Crippen LogP) is 8.24. The summed E-state index contributed by atoms with van der Waals surface area (Å²) in [7, 11) is 0. The number of hydrogen-bond donors (Lipinski definition) is 0. The van der Waals surface area contributed by atoms with Crippen LogP contribution in [0, 0.1) is 33.5 Å². The zero-order valence-electron chi connectivity index (χ0n) is 18.6. The summed E-state index contributed by atoms with van der Waals surface area (Å²) >= 11 is 2.53. The highest BCUT2D eigenvalue weighted by atomic mass is 32.2. The molecule has 1 aliphatic heterocycles. The van der Waals surface area contributed by atoms with Gasteiger partial charge in [-0.1, -0.05) is 59.8 Å². The third kappa shape index (κ3) is 2.68. The lowest BCUT2D eigenvalue weighted by Gasteiger charge is -2.61. The van der Waals surface area contributed by atoms with E-state index in [1.807, 2.05) is 0 Å². The van der Waals surface area contributed by atoms with Crippen LogP contribution in [0.15, 0.2) is 0 Å². The average Bonchev–Trinajstić information content (AvgIpc) is 2.97. The van der Waals surface area contributed by atoms with Crippen LogP contribution in [0.2, 0.25) is 0 Å². The predicted molar refractivity (Wildman–Crippen MR) is 119 cm³/mol. The quantitative estimate of drug-likeness (QED) is 0.402. The number of hydrogen-bond acceptors (Lipinski definition) is 1. The summed E-state index contributed by atoms with van der Waals surface area (Å²) in [5.41, 5.74) is 2.35. The van der Waals surface area contributed by atoms with Crippen LogP contribution in [0.4, 0.5) is 0 Å². The number of fused-ring (bicyclic) bond motifs is 1. The monoisotopic (exact) mass is 388 g/mol. The molecule has 1 heterocycles. The van der Waals surface area contributed by atoms with E-state index in [2.05, 4.69) is 39.5 Å². The Bertz CT molecular complexity index is 571. The molecule has 7 saturated carbocycles. The Hall–Kier alpha value is 0.350. The molecule has 0 aromatic carbocycles. The van der Waals surface area contributed by atoms with Crippen molar-refractivity contribution in [1.29, 1.82) is 0 Å². The van der Waals surface area contributed by atoms with E-state index in [1.165, 1.54) is 77.0 Å². The van der Waals surface area contributed by atoms with Crippen molar-refractivity contribution in [2.75, 3.05) is 0 Å². The molecule has 0 radical (unpaired) electrons. The molecule has 8 fully saturated rings. The summed E-state index contributed by atoms with van der Waals surface area (Å²) in [5.74, 6) is 2.07. The molecule has 0 aromatic rings. The first-order valence-electron chi connectivity index (χ1n) is 12.5. The highest BCUT2D eigenvalue weighted by molar-refractivity contribution is 8.00. The third-order valence-corrected chi connectivity index (χ3v) is 13.6. The van der Waals surface area contributed by atoms with Crippen LogP contribution in [0.5, 0.6) is 0 Å². The fourth-order valence-corrected chi connectivity index (χ4v) is 11.6. The van der Waals surface area contributed by atoms with Gasteiger partial charge in [0.15, 0.2) is 0 Å². The van der Waals surface area contributed by atoms with Gasteiger partial charge in [-0.05, 0) is 91.3 Å². The van der Waals surface area contributed by atoms with E-state index in [9.17, 15) is 0 Å². The zero-order chi connectivity index (χ0) is 18.9. The first-order chi connectivity index (χ1) is 12.8. The van der Waals surface area contributed by atoms with Gasteiger partial charge in [-0.3, -0.25) is 0 Å². The average molecular weight is 389 g/mol. The molecule has 0 nitrogen and oxygen atoms in total. The van der Waals surface area contributed by atoms with Crippen LogP contribution in [0.25, 0.3) is 0 Å². The Kier molecular flexibility index (Phi) is 4.60. The zero-order valence-corrected chi connectivity index (χ0v) is 19.4. The van der Waals surface area contributed by atoms with Crippen molar-refractivity contribution in [2.24, 2.45) is 33.5 Å². The molecular formula is C26H44S. The topological polar surface area (TPSA) is 0 Å². The third-order valence-electron chi connectivity index (χ3n) is 11.5. The van der Waals surface area contributed by atoms with Crippen molar-refractivity contribution in [3.8, 4) is 0 Å². The summed E-state index contributed by atoms with van der Waals surface area (Å²) in [6.07, 6.45) is 21.2. The standard InChI is InChI=1S/C26H44S/c1-23-12-7-14-24(2,15-8-13-23)26(4)17-9-16-25(23,3)18-20-19-10-5-6-11-21(19)27-22(20)26/h19-22H,5-18H2,1-4H3. The van der Waals surface area contributed by atoms with E-state index in [4.69, 9.17) is 0 Å². The maximum Gasteiger partial charge on any atom is 0.0140 e. The van der Waals surface area contributed by atoms with E-state index in [0.717, 1.165) is 22.3 Å². The largest absolute Gasteiger partial charge is 0.154 e. The lowest BCUT2D eigenvalue weighted by atomic mass is 9.45. The van der Waals surface area contributed by atoms with Crippen molar-refractivity contribution in [1.82, 2.24) is 0 Å². The van der Waals surface area contributed by atoms with Crippen molar-refractivity contribution < 1.29 is 0 Å². The SMILES string of the molecule is CC12CCCC(C)(CCC1)C1(C)CCCC2(C)CC2C3CCCCC3SC21. The lowest BCUT2D eigenvalue weighted by Crippen LogP contribution is -2.54. The number of thioether (sulfide) groups is 1. The van der Waals surface area contributed by atoms with Crippen LogP contribution in [-0.4, -0.2) is 10.5 Å². The molecule has 0 amide bonds. The van der Waals surface area contributed by atoms with E-state index in [1.54, 1.807) is 12.8 Å². The molecule has 6 atom stereocenters. The summed E-state index contributed by atoms with van der Waals surface area (Å²) < 4.78 is 0. The molecule has 7 aliphatic carbocycles. The van der Waals surface area contributed by atoms with Gasteiger partial charge in [0.1, 0.15) is 0 Å². The molecule has 0 spiro atoms. The summed E-state index contributed by atoms with van der Waals surface area (Å²) in [6.45, 7) is 11.0. The normalized spacial score (nSPS) is 58.2. The van der Waals surface area contributed by atoms with Crippen molar-refractivity contribution in [3.05, 3.63) is 0 Å². The smallest absolute Gasteiger partial charge is 0.0140 e. The van der Waals surface area contributed by atoms with Gasteiger partial charge in [0.05, 0.1) is 0 Å². The van der Waals surface area contributed by atoms with E-state index in [0.29, 0.717) is 21.7 Å². The highest BCUT2D eigenvalue weighted by Crippen LogP contribution is 2.70. The maximum atomic E-state index is 2.79. The van der Waals surface area contributed by atoms with E-state index in [-0.39, 0.29) is 0 Å². The molecule has 4 bridgehead atoms. The Morgan fingerprint density at radius 1 is 0.593 bits per heavy atom. The minimum Gasteiger partial charge on any atom is -0.154 e. The Balaban J connectivity index is 1.66. The van der Waals surface area contributed by atoms with Gasteiger partial charge in [-0.15, -0.1) is 0 Å². The van der Waals surface area contributed by atoms with E-state index >= 15 is 0 Å². The molecule has 1 heteroatoms. The Morgan fingerprint density at radius 3 is 1.93 bits per heavy atom. The molecule has 0 aromatic heterocycles. The van der Waals surface area contributed by atoms with Crippen LogP contribution in [0.1, 0.15) is 118 Å². The minimum atomic E-state index is 0.575. The first-order valence-corrected chi connectivity index (χ1v) is 13.4. The van der Waals surface area contributed by atoms with Crippen LogP contribution < -0.4 is 0 Å². The second-order valence-corrected chi connectivity index (χ2v) is 14.0. The minimum absolute atomic E-state index is 0.575. The van der Waals surface area contributed by atoms with Crippen LogP contribution in [-0.2, 0) is 0 Å². The fraction of sp³-hybridized carbons (Fsp3) is 1.00. The molecule has 8 aliphatic rings. The first kappa shape index (κ1) is 19.3. The fourth-order valence-electron chi connectivity index (χ4n) is 9.14. The van der Waals surface area contributed by atoms with Gasteiger partial charge in [0, 0.05) is 10.5 Å². The highest BCUT2D eigenvalue weighted by Gasteiger charge is 2.62.